The van der Waals surface area contributed by atoms with Crippen LogP contribution in [0.5, 0.6) is 0 Å². The smallest absolute Gasteiger partial charge is 0.261 e. The van der Waals surface area contributed by atoms with Crippen LogP contribution in [0.15, 0.2) is 42.5 Å². The average molecular weight is 323 g/mol. The van der Waals surface area contributed by atoms with Gasteiger partial charge < -0.3 is 10.6 Å². The summed E-state index contributed by atoms with van der Waals surface area (Å²) >= 11 is 12.3. The van der Waals surface area contributed by atoms with E-state index in [4.69, 9.17) is 28.9 Å². The molecule has 0 saturated heterocycles. The number of hydrogen-bond donors (Lipinski definition) is 1. The van der Waals surface area contributed by atoms with E-state index < -0.39 is 0 Å². The first-order valence-corrected chi connectivity index (χ1v) is 7.42. The highest BCUT2D eigenvalue weighted by molar-refractivity contribution is 6.40. The Hall–Kier alpha value is -1.71. The van der Waals surface area contributed by atoms with Crippen LogP contribution < -0.4 is 10.6 Å². The second kappa shape index (κ2) is 6.83. The first kappa shape index (κ1) is 15.7. The van der Waals surface area contributed by atoms with Gasteiger partial charge in [0.25, 0.3) is 5.91 Å². The van der Waals surface area contributed by atoms with E-state index in [1.807, 2.05) is 25.1 Å². The molecule has 0 bridgehead atoms. The van der Waals surface area contributed by atoms with Crippen LogP contribution in [0.1, 0.15) is 23.7 Å². The highest BCUT2D eigenvalue weighted by atomic mass is 35.5. The number of nitrogen functional groups attached to an aromatic ring is 1. The van der Waals surface area contributed by atoms with E-state index >= 15 is 0 Å². The molecule has 5 heteroatoms. The van der Waals surface area contributed by atoms with Crippen molar-refractivity contribution in [3.05, 3.63) is 58.1 Å². The number of halogens is 2. The third kappa shape index (κ3) is 3.31. The molecule has 2 N–H and O–H groups in total. The van der Waals surface area contributed by atoms with E-state index in [9.17, 15) is 4.79 Å². The summed E-state index contributed by atoms with van der Waals surface area (Å²) in [7, 11) is 0. The number of hydrogen-bond acceptors (Lipinski definition) is 2. The molecular formula is C16H16Cl2N2O. The zero-order valence-corrected chi connectivity index (χ0v) is 13.2. The molecule has 21 heavy (non-hydrogen) atoms. The second-order valence-electron chi connectivity index (χ2n) is 4.61. The van der Waals surface area contributed by atoms with Gasteiger partial charge in [-0.1, -0.05) is 48.3 Å². The largest absolute Gasteiger partial charge is 0.397 e. The van der Waals surface area contributed by atoms with Gasteiger partial charge in [-0.15, -0.1) is 0 Å². The zero-order chi connectivity index (χ0) is 15.4. The zero-order valence-electron chi connectivity index (χ0n) is 11.6. The van der Waals surface area contributed by atoms with Crippen LogP contribution in [-0.4, -0.2) is 12.5 Å². The molecule has 0 heterocycles. The minimum Gasteiger partial charge on any atom is -0.397 e. The summed E-state index contributed by atoms with van der Waals surface area (Å²) < 4.78 is 0. The molecule has 0 atom stereocenters. The third-order valence-electron chi connectivity index (χ3n) is 3.10. The maximum atomic E-state index is 12.8. The summed E-state index contributed by atoms with van der Waals surface area (Å²) in [5.74, 6) is -0.245. The molecule has 2 aromatic rings. The van der Waals surface area contributed by atoms with E-state index in [1.54, 1.807) is 29.2 Å². The van der Waals surface area contributed by atoms with Crippen LogP contribution in [0.2, 0.25) is 10.0 Å². The number of para-hydroxylation sites is 2. The maximum Gasteiger partial charge on any atom is 0.261 e. The molecule has 0 fully saturated rings. The first-order valence-electron chi connectivity index (χ1n) is 6.66. The Morgan fingerprint density at radius 1 is 1.10 bits per heavy atom. The normalized spacial score (nSPS) is 10.4. The van der Waals surface area contributed by atoms with Gasteiger partial charge >= 0.3 is 0 Å². The van der Waals surface area contributed by atoms with Crippen molar-refractivity contribution in [2.75, 3.05) is 17.2 Å². The summed E-state index contributed by atoms with van der Waals surface area (Å²) in [6.07, 6.45) is 0.794. The van der Waals surface area contributed by atoms with Crippen LogP contribution in [0, 0.1) is 0 Å². The molecule has 0 spiro atoms. The summed E-state index contributed by atoms with van der Waals surface area (Å²) in [5.41, 5.74) is 7.50. The van der Waals surface area contributed by atoms with Gasteiger partial charge in [0.15, 0.2) is 0 Å². The number of nitrogens with zero attached hydrogens (tertiary/aromatic N) is 1. The Balaban J connectivity index is 2.48. The van der Waals surface area contributed by atoms with Crippen molar-refractivity contribution in [2.24, 2.45) is 0 Å². The van der Waals surface area contributed by atoms with Gasteiger partial charge in [-0.25, -0.2) is 0 Å². The minimum absolute atomic E-state index is 0.245. The highest BCUT2D eigenvalue weighted by Crippen LogP contribution is 2.30. The number of benzene rings is 2. The molecule has 2 aromatic carbocycles. The lowest BCUT2D eigenvalue weighted by Gasteiger charge is -2.24. The van der Waals surface area contributed by atoms with Gasteiger partial charge in [0, 0.05) is 6.54 Å². The summed E-state index contributed by atoms with van der Waals surface area (Å²) in [4.78, 5) is 14.4. The van der Waals surface area contributed by atoms with Gasteiger partial charge in [0.05, 0.1) is 27.0 Å². The monoisotopic (exact) mass is 322 g/mol. The molecular weight excluding hydrogens is 307 g/mol. The molecule has 2 rings (SSSR count). The highest BCUT2D eigenvalue weighted by Gasteiger charge is 2.23. The Labute approximate surface area is 134 Å². The third-order valence-corrected chi connectivity index (χ3v) is 3.73. The predicted molar refractivity (Wildman–Crippen MR) is 89.3 cm³/mol. The van der Waals surface area contributed by atoms with Gasteiger partial charge in [0.2, 0.25) is 0 Å². The lowest BCUT2D eigenvalue weighted by atomic mass is 10.1. The maximum absolute atomic E-state index is 12.8. The van der Waals surface area contributed by atoms with Crippen molar-refractivity contribution in [1.29, 1.82) is 0 Å². The van der Waals surface area contributed by atoms with Crippen LogP contribution in [-0.2, 0) is 0 Å². The van der Waals surface area contributed by atoms with Crippen LogP contribution in [0.3, 0.4) is 0 Å². The van der Waals surface area contributed by atoms with Crippen molar-refractivity contribution < 1.29 is 4.79 Å². The predicted octanol–water partition coefficient (Wildman–Crippen LogP) is 4.63. The average Bonchev–Trinajstić information content (AvgIpc) is 2.45. The number of nitrogens with two attached hydrogens (primary N) is 1. The molecule has 0 unspecified atom stereocenters. The van der Waals surface area contributed by atoms with E-state index in [2.05, 4.69) is 0 Å². The van der Waals surface area contributed by atoms with Gasteiger partial charge in [-0.05, 0) is 30.7 Å². The fourth-order valence-corrected chi connectivity index (χ4v) is 2.68. The van der Waals surface area contributed by atoms with E-state index in [0.717, 1.165) is 6.42 Å². The van der Waals surface area contributed by atoms with E-state index in [1.165, 1.54) is 0 Å². The summed E-state index contributed by atoms with van der Waals surface area (Å²) in [6.45, 7) is 2.53. The summed E-state index contributed by atoms with van der Waals surface area (Å²) in [6, 6.07) is 12.3. The fourth-order valence-electron chi connectivity index (χ4n) is 2.13. The number of anilines is 2. The van der Waals surface area contributed by atoms with Crippen LogP contribution >= 0.6 is 23.2 Å². The SMILES string of the molecule is CCCN(C(=O)c1c(Cl)cccc1Cl)c1ccccc1N. The van der Waals surface area contributed by atoms with Gasteiger partial charge in [-0.3, -0.25) is 4.79 Å². The molecule has 3 nitrogen and oxygen atoms in total. The molecule has 1 amide bonds. The Morgan fingerprint density at radius 3 is 2.29 bits per heavy atom. The number of carbonyl (C=O) groups is 1. The molecule has 0 saturated carbocycles. The molecule has 0 aliphatic carbocycles. The fraction of sp³-hybridized carbons (Fsp3) is 0.188. The minimum atomic E-state index is -0.245. The molecule has 110 valence electrons. The van der Waals surface area contributed by atoms with Crippen LogP contribution in [0.25, 0.3) is 0 Å². The quantitative estimate of drug-likeness (QED) is 0.834. The lowest BCUT2D eigenvalue weighted by molar-refractivity contribution is 0.0987. The summed E-state index contributed by atoms with van der Waals surface area (Å²) in [5, 5.41) is 0.672. The molecule has 0 radical (unpaired) electrons. The molecule has 0 aliphatic rings. The number of carbonyl (C=O) groups excluding carboxylic acids is 1. The topological polar surface area (TPSA) is 46.3 Å². The molecule has 0 aromatic heterocycles. The van der Waals surface area contributed by atoms with Crippen molar-refractivity contribution in [3.63, 3.8) is 0 Å². The van der Waals surface area contributed by atoms with Crippen molar-refractivity contribution in [1.82, 2.24) is 0 Å². The van der Waals surface area contributed by atoms with Crippen molar-refractivity contribution >= 4 is 40.5 Å². The van der Waals surface area contributed by atoms with Gasteiger partial charge in [-0.2, -0.15) is 0 Å². The lowest BCUT2D eigenvalue weighted by Crippen LogP contribution is -2.32. The van der Waals surface area contributed by atoms with Crippen molar-refractivity contribution in [2.45, 2.75) is 13.3 Å². The Bertz CT molecular complexity index is 638. The Kier molecular flexibility index (Phi) is 5.10. The number of rotatable bonds is 4. The van der Waals surface area contributed by atoms with Crippen LogP contribution in [0.4, 0.5) is 11.4 Å². The molecule has 0 aliphatic heterocycles. The number of amides is 1. The first-order chi connectivity index (χ1) is 10.1. The van der Waals surface area contributed by atoms with E-state index in [0.29, 0.717) is 33.5 Å². The second-order valence-corrected chi connectivity index (χ2v) is 5.43. The Morgan fingerprint density at radius 2 is 1.71 bits per heavy atom. The standard InChI is InChI=1S/C16H16Cl2N2O/c1-2-10-20(14-9-4-3-8-13(14)19)16(21)15-11(17)6-5-7-12(15)18/h3-9H,2,10,19H2,1H3. The van der Waals surface area contributed by atoms with Crippen molar-refractivity contribution in [3.8, 4) is 0 Å². The van der Waals surface area contributed by atoms with Gasteiger partial charge in [0.1, 0.15) is 0 Å². The van der Waals surface area contributed by atoms with E-state index in [-0.39, 0.29) is 5.91 Å².